The van der Waals surface area contributed by atoms with Crippen LogP contribution in [-0.2, 0) is 0 Å². The molecule has 0 aliphatic carbocycles. The van der Waals surface area contributed by atoms with Gasteiger partial charge >= 0.3 is 0 Å². The van der Waals surface area contributed by atoms with Crippen LogP contribution < -0.4 is 15.2 Å². The van der Waals surface area contributed by atoms with Crippen molar-refractivity contribution < 1.29 is 9.47 Å². The van der Waals surface area contributed by atoms with Gasteiger partial charge in [0.25, 0.3) is 0 Å². The number of nitrogens with one attached hydrogen (secondary N) is 1. The number of nitrogens with zero attached hydrogens (tertiary/aromatic N) is 1. The zero-order valence-corrected chi connectivity index (χ0v) is 11.5. The highest BCUT2D eigenvalue weighted by atomic mass is 32.1. The molecule has 6 heteroatoms. The minimum atomic E-state index is 0.674. The number of nitrogen functional groups attached to an aromatic ring is 1. The van der Waals surface area contributed by atoms with E-state index in [0.717, 1.165) is 45.3 Å². The van der Waals surface area contributed by atoms with E-state index in [1.54, 1.807) is 0 Å². The first-order valence-electron chi connectivity index (χ1n) is 6.44. The van der Waals surface area contributed by atoms with Crippen LogP contribution in [0.15, 0.2) is 23.6 Å². The topological polar surface area (TPSA) is 73.2 Å². The molecule has 0 radical (unpaired) electrons. The zero-order valence-electron chi connectivity index (χ0n) is 10.7. The van der Waals surface area contributed by atoms with Crippen molar-refractivity contribution in [2.75, 3.05) is 18.9 Å². The van der Waals surface area contributed by atoms with Gasteiger partial charge in [-0.25, -0.2) is 4.98 Å². The molecule has 5 nitrogen and oxygen atoms in total. The van der Waals surface area contributed by atoms with Crippen molar-refractivity contribution in [3.05, 3.63) is 23.6 Å². The van der Waals surface area contributed by atoms with E-state index in [4.69, 9.17) is 15.2 Å². The van der Waals surface area contributed by atoms with Crippen LogP contribution >= 0.6 is 11.3 Å². The number of imidazole rings is 1. The molecule has 0 bridgehead atoms. The van der Waals surface area contributed by atoms with Crippen molar-refractivity contribution in [2.24, 2.45) is 0 Å². The lowest BCUT2D eigenvalue weighted by Crippen LogP contribution is -1.97. The first kappa shape index (κ1) is 11.6. The van der Waals surface area contributed by atoms with Gasteiger partial charge in [-0.2, -0.15) is 0 Å². The third kappa shape index (κ3) is 1.80. The van der Waals surface area contributed by atoms with Gasteiger partial charge in [-0.3, -0.25) is 0 Å². The van der Waals surface area contributed by atoms with Crippen LogP contribution in [0.5, 0.6) is 11.5 Å². The number of benzene rings is 1. The molecule has 0 unspecified atom stereocenters. The fraction of sp³-hybridized carbons (Fsp3) is 0.214. The van der Waals surface area contributed by atoms with Crippen LogP contribution in [0.1, 0.15) is 6.42 Å². The van der Waals surface area contributed by atoms with Crippen LogP contribution in [0.3, 0.4) is 0 Å². The lowest BCUT2D eigenvalue weighted by Gasteiger charge is -2.05. The number of nitrogens with two attached hydrogens (primary N) is 1. The van der Waals surface area contributed by atoms with E-state index < -0.39 is 0 Å². The van der Waals surface area contributed by atoms with Crippen molar-refractivity contribution in [1.29, 1.82) is 0 Å². The van der Waals surface area contributed by atoms with Gasteiger partial charge in [-0.1, -0.05) is 0 Å². The second-order valence-electron chi connectivity index (χ2n) is 4.65. The summed E-state index contributed by atoms with van der Waals surface area (Å²) < 4.78 is 11.4. The Morgan fingerprint density at radius 1 is 1.20 bits per heavy atom. The van der Waals surface area contributed by atoms with Crippen molar-refractivity contribution in [1.82, 2.24) is 9.97 Å². The number of thiophene rings is 1. The summed E-state index contributed by atoms with van der Waals surface area (Å²) >= 11 is 1.51. The number of fused-ring (bicyclic) bond motifs is 2. The van der Waals surface area contributed by atoms with E-state index in [-0.39, 0.29) is 0 Å². The van der Waals surface area contributed by atoms with Crippen LogP contribution in [-0.4, -0.2) is 23.2 Å². The Bertz CT molecular complexity index is 735. The van der Waals surface area contributed by atoms with E-state index in [0.29, 0.717) is 13.2 Å². The van der Waals surface area contributed by atoms with Crippen molar-refractivity contribution in [2.45, 2.75) is 6.42 Å². The van der Waals surface area contributed by atoms with Crippen LogP contribution in [0, 0.1) is 0 Å². The SMILES string of the molecule is Nc1sccc1-c1nc2cc3c(cc2[nH]1)OCCCO3. The van der Waals surface area contributed by atoms with Crippen LogP contribution in [0.25, 0.3) is 22.4 Å². The van der Waals surface area contributed by atoms with E-state index in [9.17, 15) is 0 Å². The number of hydrogen-bond acceptors (Lipinski definition) is 5. The average molecular weight is 287 g/mol. The maximum absolute atomic E-state index is 5.95. The van der Waals surface area contributed by atoms with Crippen molar-refractivity contribution in [3.63, 3.8) is 0 Å². The van der Waals surface area contributed by atoms with Gasteiger partial charge in [0.05, 0.1) is 34.8 Å². The van der Waals surface area contributed by atoms with E-state index in [2.05, 4.69) is 9.97 Å². The zero-order chi connectivity index (χ0) is 13.5. The minimum Gasteiger partial charge on any atom is -0.489 e. The Kier molecular flexibility index (Phi) is 2.56. The van der Waals surface area contributed by atoms with Gasteiger partial charge in [0.1, 0.15) is 5.82 Å². The quantitative estimate of drug-likeness (QED) is 0.721. The molecule has 2 aromatic heterocycles. The number of aromatic nitrogens is 2. The lowest BCUT2D eigenvalue weighted by molar-refractivity contribution is 0.297. The standard InChI is InChI=1S/C14H13N3O2S/c15-13-8(2-5-20-13)14-16-9-6-11-12(7-10(9)17-14)19-4-1-3-18-11/h2,5-7H,1,3-4,15H2,(H,16,17). The Morgan fingerprint density at radius 2 is 2.00 bits per heavy atom. The van der Waals surface area contributed by atoms with Gasteiger partial charge in [0.2, 0.25) is 0 Å². The molecule has 3 aromatic rings. The molecule has 4 rings (SSSR count). The van der Waals surface area contributed by atoms with E-state index >= 15 is 0 Å². The second kappa shape index (κ2) is 4.42. The summed E-state index contributed by atoms with van der Waals surface area (Å²) in [5.41, 5.74) is 8.66. The molecule has 3 heterocycles. The van der Waals surface area contributed by atoms with Crippen molar-refractivity contribution >= 4 is 27.4 Å². The van der Waals surface area contributed by atoms with Gasteiger partial charge in [-0.05, 0) is 11.4 Å². The van der Waals surface area contributed by atoms with Gasteiger partial charge in [-0.15, -0.1) is 11.3 Å². The van der Waals surface area contributed by atoms with Gasteiger partial charge < -0.3 is 20.2 Å². The van der Waals surface area contributed by atoms with Gasteiger partial charge in [0.15, 0.2) is 11.5 Å². The molecule has 0 fully saturated rings. The van der Waals surface area contributed by atoms with Crippen molar-refractivity contribution in [3.8, 4) is 22.9 Å². The second-order valence-corrected chi connectivity index (χ2v) is 5.60. The molecule has 0 atom stereocenters. The number of ether oxygens (including phenoxy) is 2. The number of anilines is 1. The molecule has 1 aliphatic rings. The molecule has 1 aliphatic heterocycles. The number of aromatic amines is 1. The van der Waals surface area contributed by atoms with E-state index in [1.165, 1.54) is 11.3 Å². The minimum absolute atomic E-state index is 0.674. The Labute approximate surface area is 119 Å². The largest absolute Gasteiger partial charge is 0.489 e. The predicted octanol–water partition coefficient (Wildman–Crippen LogP) is 3.03. The maximum Gasteiger partial charge on any atom is 0.163 e. The van der Waals surface area contributed by atoms with E-state index in [1.807, 2.05) is 23.6 Å². The smallest absolute Gasteiger partial charge is 0.163 e. The van der Waals surface area contributed by atoms with Crippen LogP contribution in [0.2, 0.25) is 0 Å². The molecule has 3 N–H and O–H groups in total. The summed E-state index contributed by atoms with van der Waals surface area (Å²) in [6.45, 7) is 1.35. The first-order chi connectivity index (χ1) is 9.81. The third-order valence-corrected chi connectivity index (χ3v) is 4.05. The predicted molar refractivity (Wildman–Crippen MR) is 79.4 cm³/mol. The lowest BCUT2D eigenvalue weighted by atomic mass is 10.3. The number of rotatable bonds is 1. The fourth-order valence-corrected chi connectivity index (χ4v) is 2.95. The fourth-order valence-electron chi connectivity index (χ4n) is 2.31. The van der Waals surface area contributed by atoms with Crippen LogP contribution in [0.4, 0.5) is 5.00 Å². The molecule has 0 amide bonds. The van der Waals surface area contributed by atoms with Gasteiger partial charge in [0, 0.05) is 18.6 Å². The molecule has 0 spiro atoms. The summed E-state index contributed by atoms with van der Waals surface area (Å²) in [6.07, 6.45) is 0.896. The molecule has 102 valence electrons. The first-order valence-corrected chi connectivity index (χ1v) is 7.32. The normalized spacial score (nSPS) is 14.4. The summed E-state index contributed by atoms with van der Waals surface area (Å²) in [4.78, 5) is 7.88. The summed E-state index contributed by atoms with van der Waals surface area (Å²) in [5.74, 6) is 2.30. The molecular weight excluding hydrogens is 274 g/mol. The Balaban J connectivity index is 1.86. The average Bonchev–Trinajstić information content (AvgIpc) is 2.96. The Hall–Kier alpha value is -2.21. The third-order valence-electron chi connectivity index (χ3n) is 3.30. The summed E-state index contributed by atoms with van der Waals surface area (Å²) in [6, 6.07) is 5.82. The maximum atomic E-state index is 5.95. The summed E-state index contributed by atoms with van der Waals surface area (Å²) in [5, 5.41) is 2.72. The molecule has 1 aromatic carbocycles. The summed E-state index contributed by atoms with van der Waals surface area (Å²) in [7, 11) is 0. The molecule has 0 saturated heterocycles. The highest BCUT2D eigenvalue weighted by Crippen LogP contribution is 2.36. The molecular formula is C14H13N3O2S. The monoisotopic (exact) mass is 287 g/mol. The number of hydrogen-bond donors (Lipinski definition) is 2. The highest BCUT2D eigenvalue weighted by Gasteiger charge is 2.15. The number of H-pyrrole nitrogens is 1. The molecule has 0 saturated carbocycles. The highest BCUT2D eigenvalue weighted by molar-refractivity contribution is 7.14. The molecule has 20 heavy (non-hydrogen) atoms. The Morgan fingerprint density at radius 3 is 2.75 bits per heavy atom.